The summed E-state index contributed by atoms with van der Waals surface area (Å²) in [6.45, 7) is 1.39. The van der Waals surface area contributed by atoms with E-state index in [9.17, 15) is 24.5 Å². The highest BCUT2D eigenvalue weighted by Gasteiger charge is 2.15. The van der Waals surface area contributed by atoms with Crippen molar-refractivity contribution in [2.24, 2.45) is 0 Å². The fraction of sp³-hybridized carbons (Fsp3) is 0.0417. The Morgan fingerprint density at radius 1 is 0.818 bits per heavy atom. The largest absolute Gasteiger partial charge is 0.326 e. The molecule has 0 radical (unpaired) electrons. The first kappa shape index (κ1) is 22.9. The zero-order chi connectivity index (χ0) is 23.8. The zero-order valence-electron chi connectivity index (χ0n) is 17.6. The van der Waals surface area contributed by atoms with Gasteiger partial charge in [0.05, 0.1) is 4.92 Å². The van der Waals surface area contributed by atoms with E-state index in [0.717, 1.165) is 0 Å². The van der Waals surface area contributed by atoms with Gasteiger partial charge in [0, 0.05) is 36.0 Å². The van der Waals surface area contributed by atoms with E-state index >= 15 is 0 Å². The van der Waals surface area contributed by atoms with Gasteiger partial charge in [-0.15, -0.1) is 0 Å². The maximum absolute atomic E-state index is 12.9. The molecule has 0 atom stereocenters. The Kier molecular flexibility index (Phi) is 7.28. The number of rotatable bonds is 7. The number of nitrogens with one attached hydrogen (secondary N) is 3. The molecule has 3 amide bonds. The molecular weight excluding hydrogens is 424 g/mol. The van der Waals surface area contributed by atoms with E-state index in [1.165, 1.54) is 37.3 Å². The van der Waals surface area contributed by atoms with Crippen LogP contribution >= 0.6 is 0 Å². The molecule has 9 heteroatoms. The lowest BCUT2D eigenvalue weighted by molar-refractivity contribution is -0.384. The summed E-state index contributed by atoms with van der Waals surface area (Å²) in [7, 11) is 0. The average molecular weight is 444 g/mol. The lowest BCUT2D eigenvalue weighted by atomic mass is 10.1. The van der Waals surface area contributed by atoms with E-state index in [0.29, 0.717) is 22.5 Å². The number of nitro benzene ring substituents is 1. The Balaban J connectivity index is 1.85. The van der Waals surface area contributed by atoms with Crippen LogP contribution in [0, 0.1) is 10.1 Å². The Hall–Kier alpha value is -4.79. The molecule has 3 aromatic carbocycles. The number of carbonyl (C=O) groups is 3. The molecule has 0 fully saturated rings. The number of benzene rings is 3. The van der Waals surface area contributed by atoms with Crippen LogP contribution in [-0.2, 0) is 9.59 Å². The Morgan fingerprint density at radius 2 is 1.39 bits per heavy atom. The minimum absolute atomic E-state index is 0.0522. The second kappa shape index (κ2) is 10.5. The van der Waals surface area contributed by atoms with Crippen LogP contribution in [0.15, 0.2) is 84.6 Å². The molecule has 0 aliphatic rings. The second-order valence-corrected chi connectivity index (χ2v) is 6.94. The van der Waals surface area contributed by atoms with Crippen LogP contribution < -0.4 is 16.0 Å². The van der Waals surface area contributed by atoms with Crippen LogP contribution in [0.2, 0.25) is 0 Å². The van der Waals surface area contributed by atoms with Gasteiger partial charge in [0.1, 0.15) is 5.70 Å². The summed E-state index contributed by atoms with van der Waals surface area (Å²) >= 11 is 0. The van der Waals surface area contributed by atoms with Crippen molar-refractivity contribution in [3.63, 3.8) is 0 Å². The number of anilines is 2. The van der Waals surface area contributed by atoms with Crippen molar-refractivity contribution in [3.8, 4) is 0 Å². The summed E-state index contributed by atoms with van der Waals surface area (Å²) in [5.74, 6) is -1.30. The number of nitrogens with zero attached hydrogens (tertiary/aromatic N) is 1. The van der Waals surface area contributed by atoms with E-state index < -0.39 is 16.7 Å². The average Bonchev–Trinajstić information content (AvgIpc) is 2.80. The molecule has 0 heterocycles. The third-order valence-electron chi connectivity index (χ3n) is 4.41. The molecule has 3 rings (SSSR count). The van der Waals surface area contributed by atoms with Crippen LogP contribution in [0.3, 0.4) is 0 Å². The maximum Gasteiger partial charge on any atom is 0.272 e. The van der Waals surface area contributed by atoms with Gasteiger partial charge in [-0.2, -0.15) is 0 Å². The van der Waals surface area contributed by atoms with Gasteiger partial charge in [0.25, 0.3) is 17.5 Å². The van der Waals surface area contributed by atoms with Crippen molar-refractivity contribution >= 4 is 40.9 Å². The Labute approximate surface area is 189 Å². The third-order valence-corrected chi connectivity index (χ3v) is 4.41. The molecule has 0 spiro atoms. The fourth-order valence-electron chi connectivity index (χ4n) is 2.84. The van der Waals surface area contributed by atoms with Gasteiger partial charge >= 0.3 is 0 Å². The highest BCUT2D eigenvalue weighted by molar-refractivity contribution is 6.10. The van der Waals surface area contributed by atoms with Crippen LogP contribution in [0.4, 0.5) is 17.1 Å². The number of amides is 3. The monoisotopic (exact) mass is 444 g/mol. The highest BCUT2D eigenvalue weighted by atomic mass is 16.6. The van der Waals surface area contributed by atoms with Crippen LogP contribution in [0.5, 0.6) is 0 Å². The molecule has 3 N–H and O–H groups in total. The predicted octanol–water partition coefficient (Wildman–Crippen LogP) is 3.96. The quantitative estimate of drug-likeness (QED) is 0.288. The molecule has 3 aromatic rings. The van der Waals surface area contributed by atoms with E-state index in [4.69, 9.17) is 0 Å². The minimum atomic E-state index is -0.593. The minimum Gasteiger partial charge on any atom is -0.326 e. The first-order chi connectivity index (χ1) is 15.8. The topological polar surface area (TPSA) is 130 Å². The third kappa shape index (κ3) is 6.59. The van der Waals surface area contributed by atoms with Crippen molar-refractivity contribution in [1.82, 2.24) is 5.32 Å². The van der Waals surface area contributed by atoms with E-state index in [1.807, 2.05) is 0 Å². The summed E-state index contributed by atoms with van der Waals surface area (Å²) in [5.41, 5.74) is 1.71. The number of non-ortho nitro benzene ring substituents is 1. The maximum atomic E-state index is 12.9. The first-order valence-corrected chi connectivity index (χ1v) is 9.83. The van der Waals surface area contributed by atoms with E-state index in [1.54, 1.807) is 54.6 Å². The van der Waals surface area contributed by atoms with Gasteiger partial charge < -0.3 is 16.0 Å². The number of hydrogen-bond acceptors (Lipinski definition) is 5. The molecule has 0 aromatic heterocycles. The van der Waals surface area contributed by atoms with E-state index in [-0.39, 0.29) is 17.3 Å². The van der Waals surface area contributed by atoms with Crippen LogP contribution in [0.1, 0.15) is 22.8 Å². The summed E-state index contributed by atoms with van der Waals surface area (Å²) < 4.78 is 0. The van der Waals surface area contributed by atoms with Crippen molar-refractivity contribution in [1.29, 1.82) is 0 Å². The lowest BCUT2D eigenvalue weighted by Crippen LogP contribution is -2.30. The van der Waals surface area contributed by atoms with Gasteiger partial charge in [-0.1, -0.05) is 18.2 Å². The van der Waals surface area contributed by atoms with Crippen molar-refractivity contribution in [2.45, 2.75) is 6.92 Å². The number of hydrogen-bond donors (Lipinski definition) is 3. The van der Waals surface area contributed by atoms with Crippen LogP contribution in [0.25, 0.3) is 6.08 Å². The molecule has 0 bridgehead atoms. The Morgan fingerprint density at radius 3 is 1.94 bits per heavy atom. The molecule has 0 saturated carbocycles. The molecule has 0 unspecified atom stereocenters. The standard InChI is InChI=1S/C24H20N4O5/c1-16(29)25-19-9-11-20(12-10-19)26-24(31)22(27-23(30)18-5-3-2-4-6-18)15-17-7-13-21(14-8-17)28(32)33/h2-15H,1H3,(H,25,29)(H,26,31)(H,27,30)/b22-15-. The van der Waals surface area contributed by atoms with Crippen molar-refractivity contribution in [3.05, 3.63) is 106 Å². The lowest BCUT2D eigenvalue weighted by Gasteiger charge is -2.12. The van der Waals surface area contributed by atoms with Gasteiger partial charge in [-0.3, -0.25) is 24.5 Å². The van der Waals surface area contributed by atoms with Gasteiger partial charge in [-0.25, -0.2) is 0 Å². The molecule has 0 aliphatic heterocycles. The van der Waals surface area contributed by atoms with Crippen molar-refractivity contribution < 1.29 is 19.3 Å². The SMILES string of the molecule is CC(=O)Nc1ccc(NC(=O)/C(=C/c2ccc([N+](=O)[O-])cc2)NC(=O)c2ccccc2)cc1. The molecule has 33 heavy (non-hydrogen) atoms. The van der Waals surface area contributed by atoms with Gasteiger partial charge in [-0.05, 0) is 60.2 Å². The molecule has 0 saturated heterocycles. The van der Waals surface area contributed by atoms with Crippen molar-refractivity contribution in [2.75, 3.05) is 10.6 Å². The normalized spacial score (nSPS) is 10.8. The fourth-order valence-corrected chi connectivity index (χ4v) is 2.84. The van der Waals surface area contributed by atoms with E-state index in [2.05, 4.69) is 16.0 Å². The summed E-state index contributed by atoms with van der Waals surface area (Å²) in [6.07, 6.45) is 1.42. The number of nitro groups is 1. The summed E-state index contributed by atoms with van der Waals surface area (Å²) in [5, 5.41) is 18.8. The highest BCUT2D eigenvalue weighted by Crippen LogP contribution is 2.17. The predicted molar refractivity (Wildman–Crippen MR) is 124 cm³/mol. The molecule has 0 aliphatic carbocycles. The molecular formula is C24H20N4O5. The first-order valence-electron chi connectivity index (χ1n) is 9.83. The Bertz CT molecular complexity index is 1200. The second-order valence-electron chi connectivity index (χ2n) is 6.94. The smallest absolute Gasteiger partial charge is 0.272 e. The van der Waals surface area contributed by atoms with Gasteiger partial charge in [0.15, 0.2) is 0 Å². The van der Waals surface area contributed by atoms with Crippen LogP contribution in [-0.4, -0.2) is 22.6 Å². The zero-order valence-corrected chi connectivity index (χ0v) is 17.6. The summed E-state index contributed by atoms with van der Waals surface area (Å²) in [4.78, 5) is 47.1. The molecule has 166 valence electrons. The summed E-state index contributed by atoms with van der Waals surface area (Å²) in [6, 6.07) is 20.4. The number of carbonyl (C=O) groups excluding carboxylic acids is 3. The molecule has 9 nitrogen and oxygen atoms in total. The van der Waals surface area contributed by atoms with Gasteiger partial charge in [0.2, 0.25) is 5.91 Å².